The summed E-state index contributed by atoms with van der Waals surface area (Å²) in [5.41, 5.74) is 1.55. The molecule has 0 radical (unpaired) electrons. The van der Waals surface area contributed by atoms with Gasteiger partial charge in [0.25, 0.3) is 0 Å². The molecule has 3 heteroatoms. The van der Waals surface area contributed by atoms with Crippen LogP contribution in [0.3, 0.4) is 0 Å². The Labute approximate surface area is 74.3 Å². The molecule has 0 aromatic carbocycles. The van der Waals surface area contributed by atoms with Gasteiger partial charge in [0, 0.05) is 25.1 Å². The molecule has 0 rings (SSSR count). The Balaban J connectivity index is 3.79. The molecule has 12 heavy (non-hydrogen) atoms. The van der Waals surface area contributed by atoms with Crippen molar-refractivity contribution in [1.82, 2.24) is 5.32 Å². The molecule has 3 nitrogen and oxygen atoms in total. The van der Waals surface area contributed by atoms with Gasteiger partial charge in [0.1, 0.15) is 0 Å². The lowest BCUT2D eigenvalue weighted by Gasteiger charge is -2.10. The Morgan fingerprint density at radius 3 is 2.58 bits per heavy atom. The number of methoxy groups -OCH3 is 1. The SMILES string of the molecule is COC[C@@H](C)N/C=C(\C)C(C)=N. The lowest BCUT2D eigenvalue weighted by Crippen LogP contribution is -2.26. The summed E-state index contributed by atoms with van der Waals surface area (Å²) in [7, 11) is 1.68. The molecule has 0 spiro atoms. The number of hydrogen-bond donors (Lipinski definition) is 2. The van der Waals surface area contributed by atoms with Crippen LogP contribution < -0.4 is 5.32 Å². The molecule has 2 N–H and O–H groups in total. The van der Waals surface area contributed by atoms with Crippen molar-refractivity contribution in [2.45, 2.75) is 26.8 Å². The number of rotatable bonds is 5. The van der Waals surface area contributed by atoms with Crippen molar-refractivity contribution in [2.75, 3.05) is 13.7 Å². The second kappa shape index (κ2) is 5.77. The van der Waals surface area contributed by atoms with Crippen LogP contribution in [0.4, 0.5) is 0 Å². The molecule has 0 aliphatic heterocycles. The maximum absolute atomic E-state index is 7.31. The first-order valence-corrected chi connectivity index (χ1v) is 4.05. The molecule has 0 aliphatic rings. The van der Waals surface area contributed by atoms with Crippen LogP contribution >= 0.6 is 0 Å². The highest BCUT2D eigenvalue weighted by atomic mass is 16.5. The van der Waals surface area contributed by atoms with Gasteiger partial charge in [-0.05, 0) is 26.3 Å². The van der Waals surface area contributed by atoms with Crippen molar-refractivity contribution in [1.29, 1.82) is 5.41 Å². The maximum Gasteiger partial charge on any atom is 0.0661 e. The van der Waals surface area contributed by atoms with Crippen molar-refractivity contribution < 1.29 is 4.74 Å². The summed E-state index contributed by atoms with van der Waals surface area (Å²) in [6, 6.07) is 0.296. The Kier molecular flexibility index (Phi) is 5.37. The van der Waals surface area contributed by atoms with Crippen molar-refractivity contribution in [3.63, 3.8) is 0 Å². The topological polar surface area (TPSA) is 45.1 Å². The first kappa shape index (κ1) is 11.2. The van der Waals surface area contributed by atoms with Crippen LogP contribution in [-0.4, -0.2) is 25.5 Å². The highest BCUT2D eigenvalue weighted by Crippen LogP contribution is 1.92. The zero-order valence-corrected chi connectivity index (χ0v) is 8.27. The van der Waals surface area contributed by atoms with Crippen LogP contribution in [0.1, 0.15) is 20.8 Å². The summed E-state index contributed by atoms with van der Waals surface area (Å²) in [6.45, 7) is 6.40. The van der Waals surface area contributed by atoms with Gasteiger partial charge in [-0.25, -0.2) is 0 Å². The minimum Gasteiger partial charge on any atom is -0.386 e. The van der Waals surface area contributed by atoms with E-state index in [-0.39, 0.29) is 0 Å². The van der Waals surface area contributed by atoms with E-state index in [0.29, 0.717) is 18.4 Å². The van der Waals surface area contributed by atoms with E-state index in [1.807, 2.05) is 20.0 Å². The zero-order valence-electron chi connectivity index (χ0n) is 8.27. The molecule has 0 saturated heterocycles. The zero-order chi connectivity index (χ0) is 9.56. The van der Waals surface area contributed by atoms with Crippen molar-refractivity contribution >= 4 is 5.71 Å². The molecule has 0 fully saturated rings. The van der Waals surface area contributed by atoms with Crippen molar-refractivity contribution in [3.8, 4) is 0 Å². The van der Waals surface area contributed by atoms with E-state index in [9.17, 15) is 0 Å². The fourth-order valence-electron chi connectivity index (χ4n) is 0.674. The van der Waals surface area contributed by atoms with Crippen LogP contribution in [0.15, 0.2) is 11.8 Å². The second-order valence-electron chi connectivity index (χ2n) is 2.98. The minimum atomic E-state index is 0.296. The first-order chi connectivity index (χ1) is 5.57. The van der Waals surface area contributed by atoms with Crippen LogP contribution in [0.2, 0.25) is 0 Å². The smallest absolute Gasteiger partial charge is 0.0661 e. The largest absolute Gasteiger partial charge is 0.386 e. The third kappa shape index (κ3) is 4.91. The first-order valence-electron chi connectivity index (χ1n) is 4.05. The number of nitrogens with one attached hydrogen (secondary N) is 2. The Morgan fingerprint density at radius 1 is 1.58 bits per heavy atom. The predicted octanol–water partition coefficient (Wildman–Crippen LogP) is 1.55. The Bertz CT molecular complexity index is 175. The van der Waals surface area contributed by atoms with E-state index in [2.05, 4.69) is 5.32 Å². The average molecular weight is 170 g/mol. The van der Waals surface area contributed by atoms with Gasteiger partial charge in [0.05, 0.1) is 6.61 Å². The maximum atomic E-state index is 7.31. The quantitative estimate of drug-likeness (QED) is 0.615. The highest BCUT2D eigenvalue weighted by molar-refractivity contribution is 5.94. The van der Waals surface area contributed by atoms with E-state index in [1.165, 1.54) is 0 Å². The number of ether oxygens (including phenoxy) is 1. The molecule has 0 saturated carbocycles. The van der Waals surface area contributed by atoms with Gasteiger partial charge in [-0.15, -0.1) is 0 Å². The lowest BCUT2D eigenvalue weighted by molar-refractivity contribution is 0.177. The molecule has 0 amide bonds. The summed E-state index contributed by atoms with van der Waals surface area (Å²) in [5, 5.41) is 10.4. The molecule has 1 atom stereocenters. The van der Waals surface area contributed by atoms with Crippen LogP contribution in [0, 0.1) is 5.41 Å². The monoisotopic (exact) mass is 170 g/mol. The summed E-state index contributed by atoms with van der Waals surface area (Å²) < 4.78 is 4.95. The normalized spacial score (nSPS) is 14.2. The lowest BCUT2D eigenvalue weighted by atomic mass is 10.2. The van der Waals surface area contributed by atoms with Gasteiger partial charge >= 0.3 is 0 Å². The standard InChI is InChI=1S/C9H18N2O/c1-7(9(3)10)5-11-8(2)6-12-4/h5,8,10-11H,6H2,1-4H3/b7-5+,10-9?/t8-/m1/s1. The third-order valence-corrected chi connectivity index (χ3v) is 1.59. The number of allylic oxidation sites excluding steroid dienone is 1. The summed E-state index contributed by atoms with van der Waals surface area (Å²) in [5.74, 6) is 0. The molecule has 0 aromatic rings. The minimum absolute atomic E-state index is 0.296. The molecule has 70 valence electrons. The summed E-state index contributed by atoms with van der Waals surface area (Å²) in [6.07, 6.45) is 1.85. The fraction of sp³-hybridized carbons (Fsp3) is 0.667. The van der Waals surface area contributed by atoms with E-state index >= 15 is 0 Å². The Morgan fingerprint density at radius 2 is 2.17 bits per heavy atom. The van der Waals surface area contributed by atoms with Crippen LogP contribution in [0.25, 0.3) is 0 Å². The van der Waals surface area contributed by atoms with Gasteiger partial charge in [-0.1, -0.05) is 0 Å². The van der Waals surface area contributed by atoms with E-state index < -0.39 is 0 Å². The number of hydrogen-bond acceptors (Lipinski definition) is 3. The van der Waals surface area contributed by atoms with Gasteiger partial charge in [-0.3, -0.25) is 0 Å². The van der Waals surface area contributed by atoms with Gasteiger partial charge in [-0.2, -0.15) is 0 Å². The summed E-state index contributed by atoms with van der Waals surface area (Å²) in [4.78, 5) is 0. The molecule has 0 unspecified atom stereocenters. The van der Waals surface area contributed by atoms with E-state index in [1.54, 1.807) is 14.0 Å². The third-order valence-electron chi connectivity index (χ3n) is 1.59. The van der Waals surface area contributed by atoms with E-state index in [0.717, 1.165) is 5.57 Å². The highest BCUT2D eigenvalue weighted by Gasteiger charge is 1.97. The van der Waals surface area contributed by atoms with Gasteiger partial charge < -0.3 is 15.5 Å². The van der Waals surface area contributed by atoms with Crippen molar-refractivity contribution in [3.05, 3.63) is 11.8 Å². The average Bonchev–Trinajstić information content (AvgIpc) is 2.00. The molecule has 0 aliphatic carbocycles. The molecule has 0 bridgehead atoms. The predicted molar refractivity (Wildman–Crippen MR) is 51.6 cm³/mol. The Hall–Kier alpha value is -0.830. The fourth-order valence-corrected chi connectivity index (χ4v) is 0.674. The van der Waals surface area contributed by atoms with Crippen molar-refractivity contribution in [2.24, 2.45) is 0 Å². The summed E-state index contributed by atoms with van der Waals surface area (Å²) >= 11 is 0. The van der Waals surface area contributed by atoms with Crippen LogP contribution in [-0.2, 0) is 4.74 Å². The van der Waals surface area contributed by atoms with E-state index in [4.69, 9.17) is 10.1 Å². The van der Waals surface area contributed by atoms with Gasteiger partial charge in [0.2, 0.25) is 0 Å². The van der Waals surface area contributed by atoms with Gasteiger partial charge in [0.15, 0.2) is 0 Å². The molecule has 0 heterocycles. The van der Waals surface area contributed by atoms with Crippen LogP contribution in [0.5, 0.6) is 0 Å². The second-order valence-corrected chi connectivity index (χ2v) is 2.98. The molecule has 0 aromatic heterocycles. The molecular weight excluding hydrogens is 152 g/mol. The molecular formula is C9H18N2O.